The Morgan fingerprint density at radius 2 is 2.10 bits per heavy atom. The van der Waals surface area contributed by atoms with Crippen molar-refractivity contribution < 1.29 is 14.3 Å². The van der Waals surface area contributed by atoms with Crippen LogP contribution >= 0.6 is 11.8 Å². The normalized spacial score (nSPS) is 15.8. The Labute approximate surface area is 179 Å². The smallest absolute Gasteiger partial charge is 0.252 e. The van der Waals surface area contributed by atoms with Crippen molar-refractivity contribution in [3.8, 4) is 17.1 Å². The van der Waals surface area contributed by atoms with Gasteiger partial charge in [0, 0.05) is 22.8 Å². The molecule has 1 aliphatic rings. The van der Waals surface area contributed by atoms with Crippen LogP contribution in [0.3, 0.4) is 0 Å². The lowest BCUT2D eigenvalue weighted by Crippen LogP contribution is -2.24. The van der Waals surface area contributed by atoms with Crippen LogP contribution in [0.4, 0.5) is 0 Å². The second-order valence-electron chi connectivity index (χ2n) is 6.96. The zero-order valence-corrected chi connectivity index (χ0v) is 17.6. The van der Waals surface area contributed by atoms with E-state index >= 15 is 0 Å². The van der Waals surface area contributed by atoms with E-state index in [0.29, 0.717) is 17.2 Å². The van der Waals surface area contributed by atoms with Crippen LogP contribution in [0.1, 0.15) is 29.0 Å². The standard InChI is InChI=1S/C22H24N4O3S/c1-28-16-10-8-15(9-11-16)21-24-20(25-26-21)13-23-22(27)18-6-2-3-7-19(18)30-14-17-5-4-12-29-17/h2-3,6-11,17H,4-5,12-14H2,1H3,(H,23,27)(H,24,25,26). The number of methoxy groups -OCH3 is 1. The van der Waals surface area contributed by atoms with Crippen LogP contribution in [0.15, 0.2) is 53.4 Å². The lowest BCUT2D eigenvalue weighted by atomic mass is 10.2. The number of benzene rings is 2. The molecular weight excluding hydrogens is 400 g/mol. The van der Waals surface area contributed by atoms with Crippen LogP contribution in [0.25, 0.3) is 11.4 Å². The van der Waals surface area contributed by atoms with Crippen molar-refractivity contribution in [3.05, 3.63) is 59.9 Å². The lowest BCUT2D eigenvalue weighted by molar-refractivity contribution is 0.0947. The Hall–Kier alpha value is -2.84. The Morgan fingerprint density at radius 3 is 2.87 bits per heavy atom. The summed E-state index contributed by atoms with van der Waals surface area (Å²) in [5.74, 6) is 2.68. The summed E-state index contributed by atoms with van der Waals surface area (Å²) in [7, 11) is 1.63. The van der Waals surface area contributed by atoms with Crippen LogP contribution < -0.4 is 10.1 Å². The third kappa shape index (κ3) is 5.01. The number of hydrogen-bond donors (Lipinski definition) is 2. The number of nitrogens with zero attached hydrogens (tertiary/aromatic N) is 2. The van der Waals surface area contributed by atoms with Crippen molar-refractivity contribution >= 4 is 17.7 Å². The molecule has 1 atom stereocenters. The highest BCUT2D eigenvalue weighted by atomic mass is 32.2. The molecule has 1 saturated heterocycles. The molecule has 156 valence electrons. The predicted octanol–water partition coefficient (Wildman–Crippen LogP) is 3.68. The first-order valence-electron chi connectivity index (χ1n) is 9.90. The zero-order valence-electron chi connectivity index (χ0n) is 16.8. The number of aromatic nitrogens is 3. The van der Waals surface area contributed by atoms with Gasteiger partial charge in [-0.25, -0.2) is 4.98 Å². The Morgan fingerprint density at radius 1 is 1.27 bits per heavy atom. The molecule has 0 aliphatic carbocycles. The molecule has 0 radical (unpaired) electrons. The molecule has 2 aromatic carbocycles. The number of aromatic amines is 1. The Kier molecular flexibility index (Phi) is 6.66. The van der Waals surface area contributed by atoms with Gasteiger partial charge in [-0.05, 0) is 49.2 Å². The van der Waals surface area contributed by atoms with E-state index in [2.05, 4.69) is 20.5 Å². The summed E-state index contributed by atoms with van der Waals surface area (Å²) in [6.07, 6.45) is 2.48. The molecule has 2 heterocycles. The van der Waals surface area contributed by atoms with Crippen molar-refractivity contribution in [2.24, 2.45) is 0 Å². The number of H-pyrrole nitrogens is 1. The second kappa shape index (κ2) is 9.77. The predicted molar refractivity (Wildman–Crippen MR) is 116 cm³/mol. The summed E-state index contributed by atoms with van der Waals surface area (Å²) >= 11 is 1.67. The van der Waals surface area contributed by atoms with E-state index in [-0.39, 0.29) is 18.6 Å². The highest BCUT2D eigenvalue weighted by molar-refractivity contribution is 7.99. The number of hydrogen-bond acceptors (Lipinski definition) is 6. The van der Waals surface area contributed by atoms with Crippen molar-refractivity contribution in [2.75, 3.05) is 19.5 Å². The average Bonchev–Trinajstić information content (AvgIpc) is 3.48. The molecular formula is C22H24N4O3S. The van der Waals surface area contributed by atoms with Gasteiger partial charge in [0.25, 0.3) is 5.91 Å². The van der Waals surface area contributed by atoms with Gasteiger partial charge in [0.1, 0.15) is 11.6 Å². The monoisotopic (exact) mass is 424 g/mol. The number of ether oxygens (including phenoxy) is 2. The van der Waals surface area contributed by atoms with Crippen LogP contribution in [-0.4, -0.2) is 46.7 Å². The van der Waals surface area contributed by atoms with Crippen molar-refractivity contribution in [2.45, 2.75) is 30.4 Å². The van der Waals surface area contributed by atoms with Gasteiger partial charge >= 0.3 is 0 Å². The van der Waals surface area contributed by atoms with E-state index in [0.717, 1.165) is 41.4 Å². The van der Waals surface area contributed by atoms with Crippen LogP contribution in [-0.2, 0) is 11.3 Å². The summed E-state index contributed by atoms with van der Waals surface area (Å²) in [6, 6.07) is 15.2. The van der Waals surface area contributed by atoms with Gasteiger partial charge < -0.3 is 14.8 Å². The summed E-state index contributed by atoms with van der Waals surface area (Å²) in [5, 5.41) is 10.1. The molecule has 30 heavy (non-hydrogen) atoms. The Bertz CT molecular complexity index is 984. The summed E-state index contributed by atoms with van der Waals surface area (Å²) in [5.41, 5.74) is 1.54. The molecule has 2 N–H and O–H groups in total. The summed E-state index contributed by atoms with van der Waals surface area (Å²) in [4.78, 5) is 18.2. The molecule has 4 rings (SSSR count). The highest BCUT2D eigenvalue weighted by Gasteiger charge is 2.18. The third-order valence-electron chi connectivity index (χ3n) is 4.88. The third-order valence-corrected chi connectivity index (χ3v) is 6.08. The van der Waals surface area contributed by atoms with Gasteiger partial charge in [-0.3, -0.25) is 9.89 Å². The van der Waals surface area contributed by atoms with E-state index in [4.69, 9.17) is 9.47 Å². The topological polar surface area (TPSA) is 89.1 Å². The largest absolute Gasteiger partial charge is 0.497 e. The van der Waals surface area contributed by atoms with E-state index < -0.39 is 0 Å². The minimum Gasteiger partial charge on any atom is -0.497 e. The molecule has 0 saturated carbocycles. The van der Waals surface area contributed by atoms with Crippen LogP contribution in [0, 0.1) is 0 Å². The molecule has 7 nitrogen and oxygen atoms in total. The first-order valence-corrected chi connectivity index (χ1v) is 10.9. The van der Waals surface area contributed by atoms with Gasteiger partial charge in [-0.1, -0.05) is 12.1 Å². The van der Waals surface area contributed by atoms with E-state index in [1.807, 2.05) is 48.5 Å². The van der Waals surface area contributed by atoms with Gasteiger partial charge in [-0.15, -0.1) is 11.8 Å². The molecule has 8 heteroatoms. The van der Waals surface area contributed by atoms with Crippen LogP contribution in [0.2, 0.25) is 0 Å². The van der Waals surface area contributed by atoms with Gasteiger partial charge in [0.2, 0.25) is 0 Å². The molecule has 1 amide bonds. The fourth-order valence-corrected chi connectivity index (χ4v) is 4.36. The molecule has 3 aromatic rings. The molecule has 0 spiro atoms. The molecule has 1 fully saturated rings. The SMILES string of the molecule is COc1ccc(-c2n[nH]c(CNC(=O)c3ccccc3SCC3CCCO3)n2)cc1. The molecule has 0 bridgehead atoms. The highest BCUT2D eigenvalue weighted by Crippen LogP contribution is 2.27. The number of carbonyl (C=O) groups is 1. The first-order chi connectivity index (χ1) is 14.7. The second-order valence-corrected chi connectivity index (χ2v) is 8.02. The van der Waals surface area contributed by atoms with E-state index in [1.165, 1.54) is 0 Å². The quantitative estimate of drug-likeness (QED) is 0.536. The number of thioether (sulfide) groups is 1. The number of rotatable bonds is 8. The molecule has 1 aliphatic heterocycles. The van der Waals surface area contributed by atoms with Crippen molar-refractivity contribution in [3.63, 3.8) is 0 Å². The number of nitrogens with one attached hydrogen (secondary N) is 2. The maximum Gasteiger partial charge on any atom is 0.252 e. The maximum atomic E-state index is 12.8. The van der Waals surface area contributed by atoms with Crippen LogP contribution in [0.5, 0.6) is 5.75 Å². The fourth-order valence-electron chi connectivity index (χ4n) is 3.24. The number of carbonyl (C=O) groups excluding carboxylic acids is 1. The minimum absolute atomic E-state index is 0.132. The van der Waals surface area contributed by atoms with E-state index in [9.17, 15) is 4.79 Å². The average molecular weight is 425 g/mol. The zero-order chi connectivity index (χ0) is 20.8. The van der Waals surface area contributed by atoms with Crippen molar-refractivity contribution in [1.29, 1.82) is 0 Å². The molecule has 1 unspecified atom stereocenters. The maximum absolute atomic E-state index is 12.8. The van der Waals surface area contributed by atoms with Gasteiger partial charge in [0.15, 0.2) is 5.82 Å². The van der Waals surface area contributed by atoms with E-state index in [1.54, 1.807) is 18.9 Å². The fraction of sp³-hybridized carbons (Fsp3) is 0.318. The lowest BCUT2D eigenvalue weighted by Gasteiger charge is -2.12. The summed E-state index contributed by atoms with van der Waals surface area (Å²) in [6.45, 7) is 1.11. The van der Waals surface area contributed by atoms with Crippen molar-refractivity contribution in [1.82, 2.24) is 20.5 Å². The molecule has 1 aromatic heterocycles. The summed E-state index contributed by atoms with van der Waals surface area (Å²) < 4.78 is 10.9. The minimum atomic E-state index is -0.132. The van der Waals surface area contributed by atoms with Gasteiger partial charge in [-0.2, -0.15) is 5.10 Å². The van der Waals surface area contributed by atoms with Gasteiger partial charge in [0.05, 0.1) is 25.3 Å². The Balaban J connectivity index is 1.36. The number of amides is 1. The first kappa shape index (κ1) is 20.4.